The molecule has 0 saturated carbocycles. The Morgan fingerprint density at radius 2 is 1.74 bits per heavy atom. The zero-order valence-electron chi connectivity index (χ0n) is 11.5. The second kappa shape index (κ2) is 5.56. The van der Waals surface area contributed by atoms with Crippen molar-refractivity contribution in [2.24, 2.45) is 11.7 Å². The van der Waals surface area contributed by atoms with E-state index in [0.717, 1.165) is 0 Å². The Hall–Kier alpha value is -0.980. The third kappa shape index (κ3) is 4.89. The van der Waals surface area contributed by atoms with Crippen LogP contribution in [0.15, 0.2) is 0 Å². The van der Waals surface area contributed by atoms with Crippen molar-refractivity contribution in [1.29, 1.82) is 0 Å². The summed E-state index contributed by atoms with van der Waals surface area (Å²) in [5.74, 6) is -0.626. The van der Waals surface area contributed by atoms with E-state index in [1.807, 2.05) is 0 Å². The van der Waals surface area contributed by atoms with Gasteiger partial charge in [0, 0.05) is 13.1 Å². The van der Waals surface area contributed by atoms with Crippen molar-refractivity contribution < 1.29 is 22.7 Å². The molecule has 112 valence electrons. The number of amides is 1. The summed E-state index contributed by atoms with van der Waals surface area (Å²) in [6.45, 7) is 5.75. The number of ether oxygens (including phenoxy) is 1. The standard InChI is InChI=1S/C12H21F3N2O2/c1-11(2,3)19-10(18)17-6-4-8(5-7-17)9(16)12(13,14)15/h8-9H,4-7,16H2,1-3H3/t9-/m1/s1. The van der Waals surface area contributed by atoms with Gasteiger partial charge in [0.2, 0.25) is 0 Å². The van der Waals surface area contributed by atoms with E-state index in [9.17, 15) is 18.0 Å². The fourth-order valence-corrected chi connectivity index (χ4v) is 2.03. The highest BCUT2D eigenvalue weighted by Gasteiger charge is 2.43. The Balaban J connectivity index is 2.47. The summed E-state index contributed by atoms with van der Waals surface area (Å²) < 4.78 is 42.6. The van der Waals surface area contributed by atoms with E-state index >= 15 is 0 Å². The number of alkyl halides is 3. The molecule has 0 radical (unpaired) electrons. The van der Waals surface area contributed by atoms with E-state index in [1.165, 1.54) is 4.90 Å². The maximum absolute atomic E-state index is 12.5. The van der Waals surface area contributed by atoms with Crippen LogP contribution in [0.2, 0.25) is 0 Å². The van der Waals surface area contributed by atoms with Crippen molar-refractivity contribution in [3.05, 3.63) is 0 Å². The average molecular weight is 282 g/mol. The first-order chi connectivity index (χ1) is 8.50. The van der Waals surface area contributed by atoms with Crippen molar-refractivity contribution in [3.63, 3.8) is 0 Å². The minimum atomic E-state index is -4.38. The van der Waals surface area contributed by atoms with Gasteiger partial charge in [-0.3, -0.25) is 0 Å². The van der Waals surface area contributed by atoms with Gasteiger partial charge in [-0.2, -0.15) is 13.2 Å². The van der Waals surface area contributed by atoms with Crippen LogP contribution in [0.1, 0.15) is 33.6 Å². The highest BCUT2D eigenvalue weighted by atomic mass is 19.4. The van der Waals surface area contributed by atoms with Crippen LogP contribution in [0.25, 0.3) is 0 Å². The maximum atomic E-state index is 12.5. The third-order valence-electron chi connectivity index (χ3n) is 3.08. The number of piperidine rings is 1. The minimum Gasteiger partial charge on any atom is -0.444 e. The van der Waals surface area contributed by atoms with Crippen LogP contribution < -0.4 is 5.73 Å². The number of rotatable bonds is 1. The number of hydrogen-bond acceptors (Lipinski definition) is 3. The molecule has 0 bridgehead atoms. The van der Waals surface area contributed by atoms with Gasteiger partial charge in [0.25, 0.3) is 0 Å². The lowest BCUT2D eigenvalue weighted by Gasteiger charge is -2.36. The highest BCUT2D eigenvalue weighted by Crippen LogP contribution is 2.30. The topological polar surface area (TPSA) is 55.6 Å². The van der Waals surface area contributed by atoms with Crippen molar-refractivity contribution in [3.8, 4) is 0 Å². The van der Waals surface area contributed by atoms with E-state index in [4.69, 9.17) is 10.5 Å². The molecule has 0 aliphatic carbocycles. The molecule has 2 N–H and O–H groups in total. The molecule has 1 fully saturated rings. The molecular weight excluding hydrogens is 261 g/mol. The Morgan fingerprint density at radius 1 is 1.26 bits per heavy atom. The smallest absolute Gasteiger partial charge is 0.410 e. The van der Waals surface area contributed by atoms with Crippen LogP contribution in [0.4, 0.5) is 18.0 Å². The van der Waals surface area contributed by atoms with Crippen molar-refractivity contribution >= 4 is 6.09 Å². The predicted octanol–water partition coefficient (Wildman–Crippen LogP) is 2.52. The molecule has 0 aromatic carbocycles. The van der Waals surface area contributed by atoms with Crippen molar-refractivity contribution in [2.45, 2.75) is 51.4 Å². The molecule has 1 amide bonds. The van der Waals surface area contributed by atoms with E-state index < -0.39 is 29.8 Å². The number of halogens is 3. The number of carbonyl (C=O) groups excluding carboxylic acids is 1. The van der Waals surface area contributed by atoms with Crippen LogP contribution in [0.5, 0.6) is 0 Å². The number of carbonyl (C=O) groups is 1. The summed E-state index contributed by atoms with van der Waals surface area (Å²) in [5, 5.41) is 0. The summed E-state index contributed by atoms with van der Waals surface area (Å²) in [7, 11) is 0. The normalized spacial score (nSPS) is 20.3. The van der Waals surface area contributed by atoms with E-state index in [-0.39, 0.29) is 25.9 Å². The summed E-state index contributed by atoms with van der Waals surface area (Å²) in [6, 6.07) is -1.81. The second-order valence-electron chi connectivity index (χ2n) is 5.87. The number of likely N-dealkylation sites (tertiary alicyclic amines) is 1. The number of hydrogen-bond donors (Lipinski definition) is 1. The molecule has 4 nitrogen and oxygen atoms in total. The first kappa shape index (κ1) is 16.1. The van der Waals surface area contributed by atoms with Gasteiger partial charge in [0.05, 0.1) is 0 Å². The largest absolute Gasteiger partial charge is 0.444 e. The predicted molar refractivity (Wildman–Crippen MR) is 64.6 cm³/mol. The maximum Gasteiger partial charge on any atom is 0.410 e. The SMILES string of the molecule is CC(C)(C)OC(=O)N1CCC([C@@H](N)C(F)(F)F)CC1. The Kier molecular flexibility index (Phi) is 4.71. The zero-order valence-corrected chi connectivity index (χ0v) is 11.5. The molecule has 1 heterocycles. The molecule has 1 atom stereocenters. The van der Waals surface area contributed by atoms with E-state index in [2.05, 4.69) is 0 Å². The first-order valence-corrected chi connectivity index (χ1v) is 6.31. The van der Waals surface area contributed by atoms with Gasteiger partial charge in [-0.15, -0.1) is 0 Å². The van der Waals surface area contributed by atoms with Crippen LogP contribution in [0, 0.1) is 5.92 Å². The molecule has 0 unspecified atom stereocenters. The fourth-order valence-electron chi connectivity index (χ4n) is 2.03. The summed E-state index contributed by atoms with van der Waals surface area (Å²) in [5.41, 5.74) is 4.59. The molecule has 0 spiro atoms. The number of nitrogens with zero attached hydrogens (tertiary/aromatic N) is 1. The van der Waals surface area contributed by atoms with Gasteiger partial charge in [-0.05, 0) is 39.5 Å². The van der Waals surface area contributed by atoms with Gasteiger partial charge in [-0.1, -0.05) is 0 Å². The first-order valence-electron chi connectivity index (χ1n) is 6.31. The third-order valence-corrected chi connectivity index (χ3v) is 3.08. The second-order valence-corrected chi connectivity index (χ2v) is 5.87. The summed E-state index contributed by atoms with van der Waals surface area (Å²) >= 11 is 0. The minimum absolute atomic E-state index is 0.250. The fraction of sp³-hybridized carbons (Fsp3) is 0.917. The van der Waals surface area contributed by atoms with Crippen LogP contribution in [-0.4, -0.2) is 41.9 Å². The van der Waals surface area contributed by atoms with Gasteiger partial charge in [0.1, 0.15) is 11.6 Å². The molecule has 19 heavy (non-hydrogen) atoms. The zero-order chi connectivity index (χ0) is 14.8. The Morgan fingerprint density at radius 3 is 2.11 bits per heavy atom. The molecule has 0 aromatic rings. The molecule has 1 aliphatic rings. The molecule has 1 aliphatic heterocycles. The highest BCUT2D eigenvalue weighted by molar-refractivity contribution is 5.68. The molecule has 7 heteroatoms. The molecule has 0 aromatic heterocycles. The van der Waals surface area contributed by atoms with Gasteiger partial charge in [0.15, 0.2) is 0 Å². The monoisotopic (exact) mass is 282 g/mol. The molecular formula is C12H21F3N2O2. The van der Waals surface area contributed by atoms with Gasteiger partial charge < -0.3 is 15.4 Å². The lowest BCUT2D eigenvalue weighted by atomic mass is 9.90. The Labute approximate surface area is 111 Å². The van der Waals surface area contributed by atoms with E-state index in [1.54, 1.807) is 20.8 Å². The number of nitrogens with two attached hydrogens (primary N) is 1. The van der Waals surface area contributed by atoms with Gasteiger partial charge >= 0.3 is 12.3 Å². The average Bonchev–Trinajstić information content (AvgIpc) is 2.24. The summed E-state index contributed by atoms with van der Waals surface area (Å²) in [6.07, 6.45) is -4.36. The molecule has 1 saturated heterocycles. The van der Waals surface area contributed by atoms with Crippen LogP contribution in [0.3, 0.4) is 0 Å². The lowest BCUT2D eigenvalue weighted by molar-refractivity contribution is -0.162. The van der Waals surface area contributed by atoms with Gasteiger partial charge in [-0.25, -0.2) is 4.79 Å². The van der Waals surface area contributed by atoms with Crippen LogP contribution >= 0.6 is 0 Å². The van der Waals surface area contributed by atoms with E-state index in [0.29, 0.717) is 0 Å². The quantitative estimate of drug-likeness (QED) is 0.804. The lowest BCUT2D eigenvalue weighted by Crippen LogP contribution is -2.49. The van der Waals surface area contributed by atoms with Crippen molar-refractivity contribution in [1.82, 2.24) is 4.90 Å². The summed E-state index contributed by atoms with van der Waals surface area (Å²) in [4.78, 5) is 13.2. The van der Waals surface area contributed by atoms with Crippen LogP contribution in [-0.2, 0) is 4.74 Å². The Bertz CT molecular complexity index is 318. The molecule has 1 rings (SSSR count). The van der Waals surface area contributed by atoms with Crippen molar-refractivity contribution in [2.75, 3.05) is 13.1 Å².